The second-order valence-corrected chi connectivity index (χ2v) is 5.01. The number of nitrogens with zero attached hydrogens (tertiary/aromatic N) is 2. The molecule has 0 radical (unpaired) electrons. The van der Waals surface area contributed by atoms with Gasteiger partial charge in [0.2, 0.25) is 0 Å². The first-order chi connectivity index (χ1) is 8.18. The van der Waals surface area contributed by atoms with Crippen molar-refractivity contribution in [2.45, 2.75) is 26.8 Å². The molecule has 1 aromatic rings. The number of rotatable bonds is 8. The maximum absolute atomic E-state index is 4.33. The maximum Gasteiger partial charge on any atom is 0.0543 e. The number of hydrogen-bond acceptors (Lipinski definition) is 3. The first kappa shape index (κ1) is 14.1. The van der Waals surface area contributed by atoms with Gasteiger partial charge in [-0.15, -0.1) is 0 Å². The number of aromatic nitrogens is 1. The van der Waals surface area contributed by atoms with Gasteiger partial charge in [-0.2, -0.15) is 0 Å². The van der Waals surface area contributed by atoms with Crippen molar-refractivity contribution in [1.29, 1.82) is 0 Å². The van der Waals surface area contributed by atoms with E-state index in [1.807, 2.05) is 18.3 Å². The summed E-state index contributed by atoms with van der Waals surface area (Å²) in [5, 5.41) is 3.46. The second kappa shape index (κ2) is 8.20. The Morgan fingerprint density at radius 1 is 1.35 bits per heavy atom. The molecule has 0 spiro atoms. The molecule has 3 heteroatoms. The molecule has 0 aromatic carbocycles. The highest BCUT2D eigenvalue weighted by Gasteiger charge is 2.00. The molecule has 0 fully saturated rings. The molecule has 1 N–H and O–H groups in total. The summed E-state index contributed by atoms with van der Waals surface area (Å²) in [6, 6.07) is 6.08. The maximum atomic E-state index is 4.33. The third kappa shape index (κ3) is 7.08. The van der Waals surface area contributed by atoms with Crippen LogP contribution < -0.4 is 5.32 Å². The summed E-state index contributed by atoms with van der Waals surface area (Å²) in [5.41, 5.74) is 1.14. The first-order valence-electron chi connectivity index (χ1n) is 6.47. The zero-order chi connectivity index (χ0) is 12.5. The quantitative estimate of drug-likeness (QED) is 0.700. The van der Waals surface area contributed by atoms with Gasteiger partial charge in [0.05, 0.1) is 5.69 Å². The molecule has 0 bridgehead atoms. The van der Waals surface area contributed by atoms with Crippen LogP contribution in [-0.2, 0) is 6.54 Å². The number of pyridine rings is 1. The van der Waals surface area contributed by atoms with Crippen molar-refractivity contribution >= 4 is 0 Å². The highest BCUT2D eigenvalue weighted by molar-refractivity contribution is 5.02. The summed E-state index contributed by atoms with van der Waals surface area (Å²) >= 11 is 0. The minimum Gasteiger partial charge on any atom is -0.316 e. The van der Waals surface area contributed by atoms with Crippen LogP contribution in [0.25, 0.3) is 0 Å². The van der Waals surface area contributed by atoms with Crippen molar-refractivity contribution in [2.24, 2.45) is 5.92 Å². The van der Waals surface area contributed by atoms with E-state index in [2.05, 4.69) is 42.2 Å². The van der Waals surface area contributed by atoms with Crippen LogP contribution >= 0.6 is 0 Å². The minimum absolute atomic E-state index is 0.737. The summed E-state index contributed by atoms with van der Waals surface area (Å²) in [7, 11) is 2.15. The van der Waals surface area contributed by atoms with Crippen LogP contribution in [0.1, 0.15) is 26.0 Å². The lowest BCUT2D eigenvalue weighted by Gasteiger charge is -2.16. The third-order valence-electron chi connectivity index (χ3n) is 2.60. The smallest absolute Gasteiger partial charge is 0.0543 e. The monoisotopic (exact) mass is 235 g/mol. The van der Waals surface area contributed by atoms with Crippen LogP contribution in [0.4, 0.5) is 0 Å². The molecule has 96 valence electrons. The Morgan fingerprint density at radius 2 is 2.18 bits per heavy atom. The number of hydrogen-bond donors (Lipinski definition) is 1. The average Bonchev–Trinajstić information content (AvgIpc) is 2.29. The fourth-order valence-electron chi connectivity index (χ4n) is 1.71. The van der Waals surface area contributed by atoms with E-state index in [0.717, 1.165) is 37.8 Å². The van der Waals surface area contributed by atoms with E-state index in [-0.39, 0.29) is 0 Å². The van der Waals surface area contributed by atoms with Crippen LogP contribution in [0.2, 0.25) is 0 Å². The Bertz CT molecular complexity index is 285. The second-order valence-electron chi connectivity index (χ2n) is 5.01. The predicted molar refractivity (Wildman–Crippen MR) is 72.9 cm³/mol. The molecule has 0 aliphatic heterocycles. The molecule has 1 aromatic heterocycles. The zero-order valence-corrected chi connectivity index (χ0v) is 11.3. The average molecular weight is 235 g/mol. The fourth-order valence-corrected chi connectivity index (χ4v) is 1.71. The van der Waals surface area contributed by atoms with Crippen LogP contribution in [0.3, 0.4) is 0 Å². The van der Waals surface area contributed by atoms with Crippen molar-refractivity contribution < 1.29 is 0 Å². The van der Waals surface area contributed by atoms with Crippen LogP contribution in [0.15, 0.2) is 24.4 Å². The Kier molecular flexibility index (Phi) is 6.82. The molecule has 0 saturated carbocycles. The third-order valence-corrected chi connectivity index (χ3v) is 2.60. The van der Waals surface area contributed by atoms with Gasteiger partial charge in [-0.25, -0.2) is 0 Å². The Balaban J connectivity index is 2.07. The van der Waals surface area contributed by atoms with Gasteiger partial charge in [0, 0.05) is 12.7 Å². The molecule has 1 rings (SSSR count). The molecular weight excluding hydrogens is 210 g/mol. The summed E-state index contributed by atoms with van der Waals surface area (Å²) in [6.45, 7) is 8.74. The zero-order valence-electron chi connectivity index (χ0n) is 11.3. The van der Waals surface area contributed by atoms with Crippen molar-refractivity contribution in [2.75, 3.05) is 26.7 Å². The lowest BCUT2D eigenvalue weighted by atomic mass is 10.2. The molecular formula is C14H25N3. The van der Waals surface area contributed by atoms with E-state index in [0.29, 0.717) is 0 Å². The lowest BCUT2D eigenvalue weighted by molar-refractivity contribution is 0.315. The van der Waals surface area contributed by atoms with Crippen molar-refractivity contribution in [3.8, 4) is 0 Å². The molecule has 0 unspecified atom stereocenters. The van der Waals surface area contributed by atoms with Crippen LogP contribution in [0, 0.1) is 5.92 Å². The van der Waals surface area contributed by atoms with Crippen LogP contribution in [-0.4, -0.2) is 36.6 Å². The molecule has 0 aliphatic carbocycles. The molecule has 1 heterocycles. The fraction of sp³-hybridized carbons (Fsp3) is 0.643. The topological polar surface area (TPSA) is 28.2 Å². The summed E-state index contributed by atoms with van der Waals surface area (Å²) in [5.74, 6) is 0.737. The highest BCUT2D eigenvalue weighted by atomic mass is 15.1. The van der Waals surface area contributed by atoms with Gasteiger partial charge in [-0.1, -0.05) is 19.9 Å². The summed E-state index contributed by atoms with van der Waals surface area (Å²) in [4.78, 5) is 6.65. The van der Waals surface area contributed by atoms with Gasteiger partial charge >= 0.3 is 0 Å². The largest absolute Gasteiger partial charge is 0.316 e. The molecule has 3 nitrogen and oxygen atoms in total. The summed E-state index contributed by atoms with van der Waals surface area (Å²) < 4.78 is 0. The highest BCUT2D eigenvalue weighted by Crippen LogP contribution is 1.99. The normalized spacial score (nSPS) is 11.4. The number of nitrogens with one attached hydrogen (secondary N) is 1. The van der Waals surface area contributed by atoms with Gasteiger partial charge in [0.15, 0.2) is 0 Å². The predicted octanol–water partition coefficient (Wildman–Crippen LogP) is 2.15. The first-order valence-corrected chi connectivity index (χ1v) is 6.47. The molecule has 17 heavy (non-hydrogen) atoms. The van der Waals surface area contributed by atoms with E-state index in [4.69, 9.17) is 0 Å². The SMILES string of the molecule is CC(C)CNCCCN(C)Cc1ccccn1. The van der Waals surface area contributed by atoms with E-state index < -0.39 is 0 Å². The standard InChI is InChI=1S/C14H25N3/c1-13(2)11-15-8-6-10-17(3)12-14-7-4-5-9-16-14/h4-5,7,9,13,15H,6,8,10-12H2,1-3H3. The Hall–Kier alpha value is -0.930. The lowest BCUT2D eigenvalue weighted by Crippen LogP contribution is -2.26. The van der Waals surface area contributed by atoms with Gasteiger partial charge in [-0.05, 0) is 51.2 Å². The van der Waals surface area contributed by atoms with E-state index >= 15 is 0 Å². The van der Waals surface area contributed by atoms with Gasteiger partial charge < -0.3 is 10.2 Å². The van der Waals surface area contributed by atoms with Crippen molar-refractivity contribution in [3.05, 3.63) is 30.1 Å². The van der Waals surface area contributed by atoms with Gasteiger partial charge in [0.25, 0.3) is 0 Å². The van der Waals surface area contributed by atoms with Crippen molar-refractivity contribution in [1.82, 2.24) is 15.2 Å². The molecule has 0 saturated heterocycles. The van der Waals surface area contributed by atoms with Gasteiger partial charge in [-0.3, -0.25) is 4.98 Å². The Labute approximate surface area is 105 Å². The molecule has 0 atom stereocenters. The van der Waals surface area contributed by atoms with Crippen molar-refractivity contribution in [3.63, 3.8) is 0 Å². The minimum atomic E-state index is 0.737. The van der Waals surface area contributed by atoms with E-state index in [1.54, 1.807) is 0 Å². The Morgan fingerprint density at radius 3 is 2.82 bits per heavy atom. The summed E-state index contributed by atoms with van der Waals surface area (Å²) in [6.07, 6.45) is 3.05. The molecule has 0 amide bonds. The van der Waals surface area contributed by atoms with E-state index in [9.17, 15) is 0 Å². The van der Waals surface area contributed by atoms with Crippen LogP contribution in [0.5, 0.6) is 0 Å². The van der Waals surface area contributed by atoms with E-state index in [1.165, 1.54) is 6.42 Å². The molecule has 0 aliphatic rings. The van der Waals surface area contributed by atoms with Gasteiger partial charge in [0.1, 0.15) is 0 Å².